The van der Waals surface area contributed by atoms with E-state index in [0.29, 0.717) is 31.1 Å². The van der Waals surface area contributed by atoms with Crippen LogP contribution >= 0.6 is 0 Å². The molecule has 0 radical (unpaired) electrons. The molecule has 1 aliphatic rings. The van der Waals surface area contributed by atoms with E-state index in [9.17, 15) is 4.79 Å². The molecule has 1 amide bonds. The molecule has 1 aromatic rings. The summed E-state index contributed by atoms with van der Waals surface area (Å²) in [7, 11) is 0. The Labute approximate surface area is 106 Å². The van der Waals surface area contributed by atoms with E-state index in [1.54, 1.807) is 6.92 Å². The highest BCUT2D eigenvalue weighted by Crippen LogP contribution is 2.20. The molecule has 2 N–H and O–H groups in total. The van der Waals surface area contributed by atoms with Crippen molar-refractivity contribution in [3.63, 3.8) is 0 Å². The Morgan fingerprint density at radius 1 is 1.61 bits per heavy atom. The van der Waals surface area contributed by atoms with Crippen LogP contribution in [0.15, 0.2) is 4.52 Å². The smallest absolute Gasteiger partial charge is 0.226 e. The van der Waals surface area contributed by atoms with E-state index >= 15 is 0 Å². The summed E-state index contributed by atoms with van der Waals surface area (Å²) in [6.07, 6.45) is 1.13. The van der Waals surface area contributed by atoms with Gasteiger partial charge in [0.1, 0.15) is 11.4 Å². The molecule has 100 valence electrons. The Balaban J connectivity index is 1.91. The monoisotopic (exact) mass is 253 g/mol. The van der Waals surface area contributed by atoms with Crippen molar-refractivity contribution in [2.45, 2.75) is 32.7 Å². The van der Waals surface area contributed by atoms with Gasteiger partial charge in [0.25, 0.3) is 0 Å². The van der Waals surface area contributed by atoms with Gasteiger partial charge < -0.3 is 19.9 Å². The van der Waals surface area contributed by atoms with Gasteiger partial charge in [0, 0.05) is 19.0 Å². The Morgan fingerprint density at radius 2 is 2.44 bits per heavy atom. The first-order valence-corrected chi connectivity index (χ1v) is 6.26. The van der Waals surface area contributed by atoms with Gasteiger partial charge in [-0.3, -0.25) is 4.79 Å². The SMILES string of the molecule is CCc1noc(C)c1NC(=O)CC1COCCN1. The fraction of sp³-hybridized carbons (Fsp3) is 0.667. The van der Waals surface area contributed by atoms with Crippen LogP contribution in [0.1, 0.15) is 24.8 Å². The van der Waals surface area contributed by atoms with Crippen LogP contribution in [0.2, 0.25) is 0 Å². The Morgan fingerprint density at radius 3 is 3.11 bits per heavy atom. The van der Waals surface area contributed by atoms with Gasteiger partial charge >= 0.3 is 0 Å². The molecule has 1 fully saturated rings. The number of aromatic nitrogens is 1. The number of amides is 1. The molecule has 1 aromatic heterocycles. The average molecular weight is 253 g/mol. The predicted molar refractivity (Wildman–Crippen MR) is 66.5 cm³/mol. The van der Waals surface area contributed by atoms with Gasteiger partial charge in [0.2, 0.25) is 5.91 Å². The third kappa shape index (κ3) is 3.08. The van der Waals surface area contributed by atoms with Crippen LogP contribution in [-0.4, -0.2) is 36.9 Å². The number of anilines is 1. The largest absolute Gasteiger partial charge is 0.378 e. The molecule has 1 aliphatic heterocycles. The maximum atomic E-state index is 11.9. The van der Waals surface area contributed by atoms with Crippen molar-refractivity contribution in [2.75, 3.05) is 25.1 Å². The zero-order valence-electron chi connectivity index (χ0n) is 10.8. The zero-order valence-corrected chi connectivity index (χ0v) is 10.8. The third-order valence-corrected chi connectivity index (χ3v) is 2.96. The van der Waals surface area contributed by atoms with E-state index in [-0.39, 0.29) is 11.9 Å². The number of nitrogens with zero attached hydrogens (tertiary/aromatic N) is 1. The Hall–Kier alpha value is -1.40. The fourth-order valence-electron chi connectivity index (χ4n) is 1.98. The summed E-state index contributed by atoms with van der Waals surface area (Å²) >= 11 is 0. The third-order valence-electron chi connectivity index (χ3n) is 2.96. The van der Waals surface area contributed by atoms with Crippen LogP contribution < -0.4 is 10.6 Å². The van der Waals surface area contributed by atoms with Crippen molar-refractivity contribution in [1.29, 1.82) is 0 Å². The van der Waals surface area contributed by atoms with Gasteiger partial charge in [-0.25, -0.2) is 0 Å². The molecule has 0 saturated carbocycles. The first-order valence-electron chi connectivity index (χ1n) is 6.26. The molecule has 0 aromatic carbocycles. The van der Waals surface area contributed by atoms with E-state index in [2.05, 4.69) is 15.8 Å². The minimum Gasteiger partial charge on any atom is -0.378 e. The van der Waals surface area contributed by atoms with Crippen molar-refractivity contribution in [3.05, 3.63) is 11.5 Å². The highest BCUT2D eigenvalue weighted by Gasteiger charge is 2.19. The van der Waals surface area contributed by atoms with Crippen molar-refractivity contribution < 1.29 is 14.1 Å². The van der Waals surface area contributed by atoms with Crippen molar-refractivity contribution in [2.24, 2.45) is 0 Å². The van der Waals surface area contributed by atoms with Crippen molar-refractivity contribution in [3.8, 4) is 0 Å². The molecular formula is C12H19N3O3. The first kappa shape index (κ1) is 13.0. The lowest BCUT2D eigenvalue weighted by atomic mass is 10.2. The van der Waals surface area contributed by atoms with Gasteiger partial charge in [-0.2, -0.15) is 0 Å². The summed E-state index contributed by atoms with van der Waals surface area (Å²) in [5, 5.41) is 10.0. The lowest BCUT2D eigenvalue weighted by Gasteiger charge is -2.23. The van der Waals surface area contributed by atoms with Crippen LogP contribution in [0.5, 0.6) is 0 Å². The molecule has 6 nitrogen and oxygen atoms in total. The number of morpholine rings is 1. The molecule has 1 unspecified atom stereocenters. The maximum Gasteiger partial charge on any atom is 0.226 e. The second kappa shape index (κ2) is 5.97. The number of carbonyl (C=O) groups is 1. The number of nitrogens with one attached hydrogen (secondary N) is 2. The summed E-state index contributed by atoms with van der Waals surface area (Å²) in [5.74, 6) is 0.604. The van der Waals surface area contributed by atoms with E-state index < -0.39 is 0 Å². The van der Waals surface area contributed by atoms with Gasteiger partial charge in [-0.1, -0.05) is 12.1 Å². The first-order chi connectivity index (χ1) is 8.70. The van der Waals surface area contributed by atoms with Crippen molar-refractivity contribution >= 4 is 11.6 Å². The van der Waals surface area contributed by atoms with Gasteiger partial charge in [0.05, 0.1) is 13.2 Å². The molecular weight excluding hydrogens is 234 g/mol. The number of aryl methyl sites for hydroxylation is 2. The number of rotatable bonds is 4. The second-order valence-electron chi connectivity index (χ2n) is 4.39. The van der Waals surface area contributed by atoms with Crippen LogP contribution in [0, 0.1) is 6.92 Å². The van der Waals surface area contributed by atoms with Crippen molar-refractivity contribution in [1.82, 2.24) is 10.5 Å². The zero-order chi connectivity index (χ0) is 13.0. The lowest BCUT2D eigenvalue weighted by molar-refractivity contribution is -0.117. The highest BCUT2D eigenvalue weighted by molar-refractivity contribution is 5.92. The molecule has 1 atom stereocenters. The average Bonchev–Trinajstić information content (AvgIpc) is 2.72. The normalized spacial score (nSPS) is 19.8. The minimum absolute atomic E-state index is 0.0426. The minimum atomic E-state index is -0.0426. The number of carbonyl (C=O) groups excluding carboxylic acids is 1. The molecule has 6 heteroatoms. The summed E-state index contributed by atoms with van der Waals surface area (Å²) < 4.78 is 10.4. The summed E-state index contributed by atoms with van der Waals surface area (Å²) in [4.78, 5) is 11.9. The molecule has 1 saturated heterocycles. The summed E-state index contributed by atoms with van der Waals surface area (Å²) in [6, 6.07) is 0.0870. The van der Waals surface area contributed by atoms with Gasteiger partial charge in [-0.15, -0.1) is 0 Å². The topological polar surface area (TPSA) is 76.4 Å². The number of hydrogen-bond donors (Lipinski definition) is 2. The second-order valence-corrected chi connectivity index (χ2v) is 4.39. The van der Waals surface area contributed by atoms with Crippen LogP contribution in [-0.2, 0) is 16.0 Å². The fourth-order valence-corrected chi connectivity index (χ4v) is 1.98. The Bertz CT molecular complexity index is 411. The predicted octanol–water partition coefficient (Wildman–Crippen LogP) is 0.862. The number of ether oxygens (including phenoxy) is 1. The molecule has 2 rings (SSSR count). The van der Waals surface area contributed by atoms with E-state index in [1.165, 1.54) is 0 Å². The molecule has 0 bridgehead atoms. The van der Waals surface area contributed by atoms with Crippen LogP contribution in [0.25, 0.3) is 0 Å². The molecule has 18 heavy (non-hydrogen) atoms. The van der Waals surface area contributed by atoms with E-state index in [0.717, 1.165) is 18.7 Å². The molecule has 0 aliphatic carbocycles. The quantitative estimate of drug-likeness (QED) is 0.832. The lowest BCUT2D eigenvalue weighted by Crippen LogP contribution is -2.43. The van der Waals surface area contributed by atoms with Crippen LogP contribution in [0.3, 0.4) is 0 Å². The summed E-state index contributed by atoms with van der Waals surface area (Å²) in [5.41, 5.74) is 1.49. The van der Waals surface area contributed by atoms with Gasteiger partial charge in [0.15, 0.2) is 5.76 Å². The van der Waals surface area contributed by atoms with Crippen LogP contribution in [0.4, 0.5) is 5.69 Å². The van der Waals surface area contributed by atoms with E-state index in [4.69, 9.17) is 9.26 Å². The maximum absolute atomic E-state index is 11.9. The molecule has 2 heterocycles. The summed E-state index contributed by atoms with van der Waals surface area (Å²) in [6.45, 7) is 5.86. The highest BCUT2D eigenvalue weighted by atomic mass is 16.5. The van der Waals surface area contributed by atoms with Gasteiger partial charge in [-0.05, 0) is 13.3 Å². The number of hydrogen-bond acceptors (Lipinski definition) is 5. The molecule has 0 spiro atoms. The standard InChI is InChI=1S/C12H19N3O3/c1-3-10-12(8(2)18-15-10)14-11(16)6-9-7-17-5-4-13-9/h9,13H,3-7H2,1-2H3,(H,14,16). The van der Waals surface area contributed by atoms with E-state index in [1.807, 2.05) is 6.92 Å². The Kier molecular flexibility index (Phi) is 4.33.